The smallest absolute Gasteiger partial charge is 0.128 e. The fraction of sp³-hybridized carbons (Fsp3) is 0.647. The summed E-state index contributed by atoms with van der Waals surface area (Å²) in [6, 6.07) is 6.20. The van der Waals surface area contributed by atoms with Gasteiger partial charge in [0.15, 0.2) is 0 Å². The summed E-state index contributed by atoms with van der Waals surface area (Å²) < 4.78 is 12.2. The summed E-state index contributed by atoms with van der Waals surface area (Å²) in [5, 5.41) is 0. The molecule has 20 heavy (non-hydrogen) atoms. The van der Waals surface area contributed by atoms with Crippen LogP contribution >= 0.6 is 0 Å². The van der Waals surface area contributed by atoms with Crippen molar-refractivity contribution in [3.05, 3.63) is 23.8 Å². The minimum Gasteiger partial charge on any atom is -0.491 e. The molecule has 1 aliphatic heterocycles. The Morgan fingerprint density at radius 3 is 2.85 bits per heavy atom. The molecule has 2 aliphatic rings. The van der Waals surface area contributed by atoms with Gasteiger partial charge in [0.2, 0.25) is 0 Å². The van der Waals surface area contributed by atoms with Gasteiger partial charge in [-0.3, -0.25) is 0 Å². The van der Waals surface area contributed by atoms with Crippen LogP contribution in [0.25, 0.3) is 0 Å². The van der Waals surface area contributed by atoms with E-state index in [-0.39, 0.29) is 17.7 Å². The summed E-state index contributed by atoms with van der Waals surface area (Å²) in [6.07, 6.45) is 6.96. The van der Waals surface area contributed by atoms with Crippen LogP contribution in [0.15, 0.2) is 18.2 Å². The van der Waals surface area contributed by atoms with Gasteiger partial charge < -0.3 is 15.2 Å². The average Bonchev–Trinajstić information content (AvgIpc) is 2.85. The molecule has 2 N–H and O–H groups in total. The Labute approximate surface area is 121 Å². The predicted octanol–water partition coefficient (Wildman–Crippen LogP) is 3.96. The maximum Gasteiger partial charge on any atom is 0.128 e. The van der Waals surface area contributed by atoms with Crippen LogP contribution in [0.2, 0.25) is 0 Å². The van der Waals surface area contributed by atoms with E-state index < -0.39 is 0 Å². The van der Waals surface area contributed by atoms with Crippen molar-refractivity contribution in [1.29, 1.82) is 0 Å². The lowest BCUT2D eigenvalue weighted by Crippen LogP contribution is -2.40. The highest BCUT2D eigenvalue weighted by atomic mass is 16.5. The molecule has 0 radical (unpaired) electrons. The zero-order valence-electron chi connectivity index (χ0n) is 12.5. The molecular formula is C17H25NO2. The zero-order chi connectivity index (χ0) is 14.2. The molecule has 1 aromatic carbocycles. The monoisotopic (exact) mass is 275 g/mol. The summed E-state index contributed by atoms with van der Waals surface area (Å²) >= 11 is 0. The molecule has 2 atom stereocenters. The molecule has 110 valence electrons. The van der Waals surface area contributed by atoms with Gasteiger partial charge in [-0.15, -0.1) is 0 Å². The number of hydrogen-bond acceptors (Lipinski definition) is 3. The second kappa shape index (κ2) is 5.28. The third-order valence-electron chi connectivity index (χ3n) is 4.73. The molecule has 0 saturated heterocycles. The second-order valence-electron chi connectivity index (χ2n) is 6.34. The average molecular weight is 275 g/mol. The van der Waals surface area contributed by atoms with E-state index in [4.69, 9.17) is 15.2 Å². The van der Waals surface area contributed by atoms with E-state index in [1.165, 1.54) is 12.8 Å². The van der Waals surface area contributed by atoms with Gasteiger partial charge in [0, 0.05) is 24.1 Å². The Bertz CT molecular complexity index is 480. The molecule has 1 aliphatic carbocycles. The first kappa shape index (κ1) is 13.7. The molecule has 0 aromatic heterocycles. The van der Waals surface area contributed by atoms with Crippen LogP contribution in [0.4, 0.5) is 0 Å². The fourth-order valence-corrected chi connectivity index (χ4v) is 3.41. The van der Waals surface area contributed by atoms with E-state index in [2.05, 4.69) is 19.9 Å². The first-order valence-electron chi connectivity index (χ1n) is 7.87. The van der Waals surface area contributed by atoms with Crippen LogP contribution in [0.3, 0.4) is 0 Å². The predicted molar refractivity (Wildman–Crippen MR) is 80.2 cm³/mol. The van der Waals surface area contributed by atoms with Crippen LogP contribution in [-0.2, 0) is 0 Å². The van der Waals surface area contributed by atoms with Crippen molar-refractivity contribution in [2.75, 3.05) is 0 Å². The quantitative estimate of drug-likeness (QED) is 0.908. The zero-order valence-corrected chi connectivity index (χ0v) is 12.5. The van der Waals surface area contributed by atoms with Gasteiger partial charge in [-0.1, -0.05) is 13.0 Å². The third-order valence-corrected chi connectivity index (χ3v) is 4.73. The summed E-state index contributed by atoms with van der Waals surface area (Å²) in [4.78, 5) is 0. The van der Waals surface area contributed by atoms with Gasteiger partial charge in [-0.05, 0) is 45.1 Å². The minimum absolute atomic E-state index is 0.0125. The Morgan fingerprint density at radius 1 is 1.40 bits per heavy atom. The molecule has 3 nitrogen and oxygen atoms in total. The summed E-state index contributed by atoms with van der Waals surface area (Å²) in [7, 11) is 0. The Morgan fingerprint density at radius 2 is 2.15 bits per heavy atom. The van der Waals surface area contributed by atoms with Crippen molar-refractivity contribution in [2.45, 2.75) is 70.1 Å². The van der Waals surface area contributed by atoms with Crippen molar-refractivity contribution in [1.82, 2.24) is 0 Å². The number of nitrogens with two attached hydrogens (primary N) is 1. The molecule has 1 saturated carbocycles. The first-order valence-corrected chi connectivity index (χ1v) is 7.87. The standard InChI is InChI=1S/C17H25NO2/c1-3-12(2)19-13-6-7-14-15(18)11-17(8-4-5-9-17)20-16(14)10-13/h6-7,10,12,15H,3-5,8-9,11,18H2,1-2H3. The maximum atomic E-state index is 6.36. The Balaban J connectivity index is 1.86. The van der Waals surface area contributed by atoms with Gasteiger partial charge in [0.25, 0.3) is 0 Å². The molecule has 1 aromatic rings. The number of fused-ring (bicyclic) bond motifs is 1. The lowest BCUT2D eigenvalue weighted by atomic mass is 9.86. The van der Waals surface area contributed by atoms with Gasteiger partial charge in [-0.2, -0.15) is 0 Å². The van der Waals surface area contributed by atoms with Crippen molar-refractivity contribution < 1.29 is 9.47 Å². The Kier molecular flexibility index (Phi) is 3.63. The van der Waals surface area contributed by atoms with Gasteiger partial charge in [0.1, 0.15) is 17.1 Å². The number of hydrogen-bond donors (Lipinski definition) is 1. The number of ether oxygens (including phenoxy) is 2. The Hall–Kier alpha value is -1.22. The number of benzene rings is 1. The molecule has 3 heteroatoms. The molecular weight excluding hydrogens is 250 g/mol. The van der Waals surface area contributed by atoms with Crippen LogP contribution in [-0.4, -0.2) is 11.7 Å². The second-order valence-corrected chi connectivity index (χ2v) is 6.34. The SMILES string of the molecule is CCC(C)Oc1ccc2c(c1)OC1(CCCC1)CC2N. The lowest BCUT2D eigenvalue weighted by molar-refractivity contribution is 0.0421. The van der Waals surface area contributed by atoms with E-state index >= 15 is 0 Å². The van der Waals surface area contributed by atoms with Crippen molar-refractivity contribution in [3.63, 3.8) is 0 Å². The largest absolute Gasteiger partial charge is 0.491 e. The van der Waals surface area contributed by atoms with E-state index in [1.807, 2.05) is 12.1 Å². The molecule has 1 fully saturated rings. The highest BCUT2D eigenvalue weighted by Crippen LogP contribution is 2.47. The topological polar surface area (TPSA) is 44.5 Å². The van der Waals surface area contributed by atoms with Crippen molar-refractivity contribution in [2.24, 2.45) is 5.73 Å². The molecule has 3 rings (SSSR count). The highest BCUT2D eigenvalue weighted by molar-refractivity contribution is 5.44. The molecule has 1 spiro atoms. The fourth-order valence-electron chi connectivity index (χ4n) is 3.41. The van der Waals surface area contributed by atoms with Gasteiger partial charge in [0.05, 0.1) is 6.10 Å². The highest BCUT2D eigenvalue weighted by Gasteiger charge is 2.42. The third kappa shape index (κ3) is 2.51. The molecule has 2 unspecified atom stereocenters. The van der Waals surface area contributed by atoms with E-state index in [0.717, 1.165) is 42.7 Å². The van der Waals surface area contributed by atoms with Crippen LogP contribution in [0, 0.1) is 0 Å². The van der Waals surface area contributed by atoms with E-state index in [0.29, 0.717) is 0 Å². The van der Waals surface area contributed by atoms with Crippen LogP contribution in [0.5, 0.6) is 11.5 Å². The molecule has 0 amide bonds. The first-order chi connectivity index (χ1) is 9.62. The van der Waals surface area contributed by atoms with E-state index in [9.17, 15) is 0 Å². The summed E-state index contributed by atoms with van der Waals surface area (Å²) in [6.45, 7) is 4.22. The molecule has 1 heterocycles. The molecule has 0 bridgehead atoms. The maximum absolute atomic E-state index is 6.36. The van der Waals surface area contributed by atoms with Crippen molar-refractivity contribution >= 4 is 0 Å². The minimum atomic E-state index is -0.0125. The normalized spacial score (nSPS) is 25.1. The van der Waals surface area contributed by atoms with Crippen molar-refractivity contribution in [3.8, 4) is 11.5 Å². The lowest BCUT2D eigenvalue weighted by Gasteiger charge is -2.39. The van der Waals surface area contributed by atoms with Gasteiger partial charge >= 0.3 is 0 Å². The van der Waals surface area contributed by atoms with Crippen LogP contribution in [0.1, 0.15) is 64.0 Å². The van der Waals surface area contributed by atoms with Gasteiger partial charge in [-0.25, -0.2) is 0 Å². The summed E-state index contributed by atoms with van der Waals surface area (Å²) in [5.41, 5.74) is 7.47. The summed E-state index contributed by atoms with van der Waals surface area (Å²) in [5.74, 6) is 1.83. The number of rotatable bonds is 3. The van der Waals surface area contributed by atoms with Crippen LogP contribution < -0.4 is 15.2 Å². The van der Waals surface area contributed by atoms with E-state index in [1.54, 1.807) is 0 Å².